The highest BCUT2D eigenvalue weighted by Crippen LogP contribution is 2.17. The van der Waals surface area contributed by atoms with Crippen LogP contribution in [0.1, 0.15) is 49.1 Å². The summed E-state index contributed by atoms with van der Waals surface area (Å²) < 4.78 is 5.10. The summed E-state index contributed by atoms with van der Waals surface area (Å²) in [4.78, 5) is 11.7. The smallest absolute Gasteiger partial charge is 0.315 e. The largest absolute Gasteiger partial charge is 0.361 e. The van der Waals surface area contributed by atoms with Crippen LogP contribution in [0, 0.1) is 13.8 Å². The third kappa shape index (κ3) is 3.98. The second-order valence-corrected chi connectivity index (χ2v) is 5.29. The lowest BCUT2D eigenvalue weighted by atomic mass is 9.96. The first-order valence-electron chi connectivity index (χ1n) is 7.13. The normalized spacial score (nSPS) is 16.3. The lowest BCUT2D eigenvalue weighted by Gasteiger charge is -2.22. The van der Waals surface area contributed by atoms with E-state index in [1.54, 1.807) is 0 Å². The maximum atomic E-state index is 11.7. The third-order valence-corrected chi connectivity index (χ3v) is 3.78. The molecule has 1 aliphatic carbocycles. The van der Waals surface area contributed by atoms with Gasteiger partial charge in [-0.15, -0.1) is 0 Å². The number of nitrogens with one attached hydrogen (secondary N) is 2. The van der Waals surface area contributed by atoms with Gasteiger partial charge < -0.3 is 15.2 Å². The molecule has 0 aromatic carbocycles. The Bertz CT molecular complexity index is 403. The van der Waals surface area contributed by atoms with Crippen molar-refractivity contribution < 1.29 is 9.32 Å². The molecule has 0 unspecified atom stereocenters. The predicted octanol–water partition coefficient (Wildman–Crippen LogP) is 2.47. The van der Waals surface area contributed by atoms with Gasteiger partial charge in [0.25, 0.3) is 0 Å². The van der Waals surface area contributed by atoms with Crippen LogP contribution in [0.5, 0.6) is 0 Å². The molecule has 0 atom stereocenters. The molecule has 5 heteroatoms. The Balaban J connectivity index is 1.69. The highest BCUT2D eigenvalue weighted by Gasteiger charge is 2.15. The summed E-state index contributed by atoms with van der Waals surface area (Å²) in [5, 5.41) is 9.85. The molecular weight excluding hydrogens is 242 g/mol. The van der Waals surface area contributed by atoms with Gasteiger partial charge in [0, 0.05) is 18.2 Å². The van der Waals surface area contributed by atoms with Crippen LogP contribution < -0.4 is 10.6 Å². The zero-order valence-electron chi connectivity index (χ0n) is 11.8. The van der Waals surface area contributed by atoms with E-state index in [-0.39, 0.29) is 6.03 Å². The SMILES string of the molecule is Cc1noc(C)c1CCNC(=O)NC1CCCCC1. The molecule has 2 rings (SSSR count). The molecule has 2 amide bonds. The monoisotopic (exact) mass is 265 g/mol. The van der Waals surface area contributed by atoms with Crippen LogP contribution in [-0.2, 0) is 6.42 Å². The number of carbonyl (C=O) groups excluding carboxylic acids is 1. The molecule has 106 valence electrons. The zero-order valence-corrected chi connectivity index (χ0v) is 11.8. The number of aryl methyl sites for hydroxylation is 2. The summed E-state index contributed by atoms with van der Waals surface area (Å²) >= 11 is 0. The van der Waals surface area contributed by atoms with E-state index in [9.17, 15) is 4.79 Å². The molecule has 1 fully saturated rings. The third-order valence-electron chi connectivity index (χ3n) is 3.78. The molecule has 0 radical (unpaired) electrons. The van der Waals surface area contributed by atoms with Gasteiger partial charge in [0.1, 0.15) is 5.76 Å². The molecular formula is C14H23N3O2. The predicted molar refractivity (Wildman–Crippen MR) is 73.1 cm³/mol. The van der Waals surface area contributed by atoms with E-state index in [1.807, 2.05) is 13.8 Å². The standard InChI is InChI=1S/C14H23N3O2/c1-10-13(11(2)19-17-10)8-9-15-14(18)16-12-6-4-3-5-7-12/h12H,3-9H2,1-2H3,(H2,15,16,18). The van der Waals surface area contributed by atoms with Gasteiger partial charge in [-0.1, -0.05) is 24.4 Å². The molecule has 1 saturated carbocycles. The van der Waals surface area contributed by atoms with Crippen LogP contribution in [0.4, 0.5) is 4.79 Å². The van der Waals surface area contributed by atoms with E-state index in [4.69, 9.17) is 4.52 Å². The summed E-state index contributed by atoms with van der Waals surface area (Å²) in [6, 6.07) is 0.298. The van der Waals surface area contributed by atoms with Crippen molar-refractivity contribution in [1.29, 1.82) is 0 Å². The van der Waals surface area contributed by atoms with Crippen molar-refractivity contribution in [1.82, 2.24) is 15.8 Å². The van der Waals surface area contributed by atoms with Gasteiger partial charge in [0.15, 0.2) is 0 Å². The number of urea groups is 1. The van der Waals surface area contributed by atoms with Crippen molar-refractivity contribution in [3.63, 3.8) is 0 Å². The molecule has 1 heterocycles. The molecule has 1 aromatic heterocycles. The first kappa shape index (κ1) is 13.9. The van der Waals surface area contributed by atoms with Crippen molar-refractivity contribution in [2.75, 3.05) is 6.54 Å². The fourth-order valence-corrected chi connectivity index (χ4v) is 2.64. The van der Waals surface area contributed by atoms with Gasteiger partial charge in [0.2, 0.25) is 0 Å². The van der Waals surface area contributed by atoms with Crippen molar-refractivity contribution in [3.8, 4) is 0 Å². The van der Waals surface area contributed by atoms with E-state index in [0.29, 0.717) is 12.6 Å². The average molecular weight is 265 g/mol. The quantitative estimate of drug-likeness (QED) is 0.878. The number of carbonyl (C=O) groups is 1. The Labute approximate surface area is 114 Å². The summed E-state index contributed by atoms with van der Waals surface area (Å²) in [6.45, 7) is 4.44. The van der Waals surface area contributed by atoms with Crippen molar-refractivity contribution >= 4 is 6.03 Å². The zero-order chi connectivity index (χ0) is 13.7. The summed E-state index contributed by atoms with van der Waals surface area (Å²) in [5.74, 6) is 0.840. The fourth-order valence-electron chi connectivity index (χ4n) is 2.64. The van der Waals surface area contributed by atoms with Gasteiger partial charge in [-0.3, -0.25) is 0 Å². The second kappa shape index (κ2) is 6.59. The van der Waals surface area contributed by atoms with Gasteiger partial charge in [-0.05, 0) is 33.1 Å². The highest BCUT2D eigenvalue weighted by molar-refractivity contribution is 5.74. The van der Waals surface area contributed by atoms with Crippen LogP contribution >= 0.6 is 0 Å². The molecule has 0 spiro atoms. The minimum atomic E-state index is -0.0568. The van der Waals surface area contributed by atoms with Crippen LogP contribution in [0.2, 0.25) is 0 Å². The summed E-state index contributed by atoms with van der Waals surface area (Å²) in [7, 11) is 0. The average Bonchev–Trinajstić information content (AvgIpc) is 2.71. The maximum Gasteiger partial charge on any atom is 0.315 e. The van der Waals surface area contributed by atoms with Gasteiger partial charge >= 0.3 is 6.03 Å². The van der Waals surface area contributed by atoms with Crippen LogP contribution in [-0.4, -0.2) is 23.8 Å². The molecule has 1 aliphatic rings. The fraction of sp³-hybridized carbons (Fsp3) is 0.714. The minimum Gasteiger partial charge on any atom is -0.361 e. The van der Waals surface area contributed by atoms with Gasteiger partial charge in [0.05, 0.1) is 5.69 Å². The van der Waals surface area contributed by atoms with Crippen LogP contribution in [0.3, 0.4) is 0 Å². The lowest BCUT2D eigenvalue weighted by molar-refractivity contribution is 0.233. The second-order valence-electron chi connectivity index (χ2n) is 5.29. The minimum absolute atomic E-state index is 0.0568. The molecule has 1 aromatic rings. The van der Waals surface area contributed by atoms with E-state index >= 15 is 0 Å². The Kier molecular flexibility index (Phi) is 4.82. The van der Waals surface area contributed by atoms with Crippen LogP contribution in [0.15, 0.2) is 4.52 Å². The number of hydrogen-bond donors (Lipinski definition) is 2. The van der Waals surface area contributed by atoms with E-state index < -0.39 is 0 Å². The first-order chi connectivity index (χ1) is 9.16. The van der Waals surface area contributed by atoms with Gasteiger partial charge in [-0.2, -0.15) is 0 Å². The summed E-state index contributed by atoms with van der Waals surface area (Å²) in [5.41, 5.74) is 2.00. The van der Waals surface area contributed by atoms with Crippen molar-refractivity contribution in [2.24, 2.45) is 0 Å². The maximum absolute atomic E-state index is 11.7. The van der Waals surface area contributed by atoms with Crippen molar-refractivity contribution in [2.45, 2.75) is 58.4 Å². The number of nitrogens with zero attached hydrogens (tertiary/aromatic N) is 1. The Hall–Kier alpha value is -1.52. The molecule has 5 nitrogen and oxygen atoms in total. The Morgan fingerprint density at radius 2 is 2.05 bits per heavy atom. The van der Waals surface area contributed by atoms with Gasteiger partial charge in [-0.25, -0.2) is 4.79 Å². The number of aromatic nitrogens is 1. The number of hydrogen-bond acceptors (Lipinski definition) is 3. The molecule has 19 heavy (non-hydrogen) atoms. The topological polar surface area (TPSA) is 67.2 Å². The number of amides is 2. The Morgan fingerprint density at radius 3 is 2.68 bits per heavy atom. The first-order valence-corrected chi connectivity index (χ1v) is 7.13. The molecule has 0 bridgehead atoms. The number of rotatable bonds is 4. The van der Waals surface area contributed by atoms with Crippen molar-refractivity contribution in [3.05, 3.63) is 17.0 Å². The van der Waals surface area contributed by atoms with E-state index in [1.165, 1.54) is 19.3 Å². The summed E-state index contributed by atoms with van der Waals surface area (Å²) in [6.07, 6.45) is 6.73. The van der Waals surface area contributed by atoms with E-state index in [0.717, 1.165) is 36.3 Å². The molecule has 0 saturated heterocycles. The lowest BCUT2D eigenvalue weighted by Crippen LogP contribution is -2.43. The Morgan fingerprint density at radius 1 is 1.32 bits per heavy atom. The molecule has 2 N–H and O–H groups in total. The highest BCUT2D eigenvalue weighted by atomic mass is 16.5. The van der Waals surface area contributed by atoms with Crippen LogP contribution in [0.25, 0.3) is 0 Å². The van der Waals surface area contributed by atoms with E-state index in [2.05, 4.69) is 15.8 Å². The molecule has 0 aliphatic heterocycles.